The van der Waals surface area contributed by atoms with Crippen LogP contribution in [0, 0.1) is 6.92 Å². The van der Waals surface area contributed by atoms with Crippen molar-refractivity contribution in [3.63, 3.8) is 0 Å². The lowest BCUT2D eigenvalue weighted by molar-refractivity contribution is -0.120. The molecule has 3 N–H and O–H groups in total. The van der Waals surface area contributed by atoms with Gasteiger partial charge in [0.2, 0.25) is 5.91 Å². The van der Waals surface area contributed by atoms with Gasteiger partial charge in [-0.1, -0.05) is 29.8 Å². The Labute approximate surface area is 127 Å². The molecule has 2 rings (SSSR count). The molecule has 0 aromatic heterocycles. The number of nitrogens with two attached hydrogens (primary N) is 1. The highest BCUT2D eigenvalue weighted by Gasteiger charge is 2.28. The molecule has 1 aliphatic rings. The molecule has 116 valence electrons. The maximum absolute atomic E-state index is 11.1. The highest BCUT2D eigenvalue weighted by atomic mass is 16.1. The summed E-state index contributed by atoms with van der Waals surface area (Å²) < 4.78 is 0. The smallest absolute Gasteiger partial charge is 0.217 e. The summed E-state index contributed by atoms with van der Waals surface area (Å²) >= 11 is 0. The topological polar surface area (TPSA) is 58.4 Å². The van der Waals surface area contributed by atoms with Gasteiger partial charge < -0.3 is 11.1 Å². The van der Waals surface area contributed by atoms with Crippen LogP contribution in [0.1, 0.15) is 43.9 Å². The lowest BCUT2D eigenvalue weighted by Crippen LogP contribution is -2.48. The van der Waals surface area contributed by atoms with Gasteiger partial charge in [-0.05, 0) is 32.3 Å². The Bertz CT molecular complexity index is 479. The van der Waals surface area contributed by atoms with Crippen molar-refractivity contribution in [3.8, 4) is 0 Å². The minimum Gasteiger partial charge on any atom is -0.354 e. The van der Waals surface area contributed by atoms with E-state index in [9.17, 15) is 4.79 Å². The van der Waals surface area contributed by atoms with Gasteiger partial charge in [-0.25, -0.2) is 0 Å². The summed E-state index contributed by atoms with van der Waals surface area (Å²) in [5, 5.41) is 3.02. The molecule has 4 nitrogen and oxygen atoms in total. The summed E-state index contributed by atoms with van der Waals surface area (Å²) in [6, 6.07) is 9.27. The fraction of sp³-hybridized carbons (Fsp3) is 0.588. The van der Waals surface area contributed by atoms with Crippen molar-refractivity contribution < 1.29 is 4.79 Å². The number of nitrogens with zero attached hydrogens (tertiary/aromatic N) is 1. The average molecular weight is 289 g/mol. The van der Waals surface area contributed by atoms with Crippen molar-refractivity contribution in [2.75, 3.05) is 13.1 Å². The molecule has 2 atom stereocenters. The molecule has 0 radical (unpaired) electrons. The number of amides is 1. The maximum Gasteiger partial charge on any atom is 0.217 e. The molecule has 0 saturated carbocycles. The fourth-order valence-corrected chi connectivity index (χ4v) is 3.31. The second-order valence-corrected chi connectivity index (χ2v) is 6.23. The van der Waals surface area contributed by atoms with Crippen LogP contribution in [0.4, 0.5) is 0 Å². The van der Waals surface area contributed by atoms with E-state index in [-0.39, 0.29) is 18.0 Å². The summed E-state index contributed by atoms with van der Waals surface area (Å²) in [6.07, 6.45) is 1.99. The van der Waals surface area contributed by atoms with Gasteiger partial charge in [-0.3, -0.25) is 9.69 Å². The van der Waals surface area contributed by atoms with Crippen molar-refractivity contribution in [1.82, 2.24) is 10.2 Å². The number of carbonyl (C=O) groups is 1. The van der Waals surface area contributed by atoms with Gasteiger partial charge in [0.1, 0.15) is 0 Å². The van der Waals surface area contributed by atoms with Crippen LogP contribution in [0.2, 0.25) is 0 Å². The molecule has 4 heteroatoms. The molecule has 0 spiro atoms. The lowest BCUT2D eigenvalue weighted by Gasteiger charge is -2.39. The van der Waals surface area contributed by atoms with Gasteiger partial charge in [0.05, 0.1) is 0 Å². The van der Waals surface area contributed by atoms with Gasteiger partial charge in [0.15, 0.2) is 0 Å². The number of carbonyl (C=O) groups excluding carboxylic acids is 1. The molecule has 1 aromatic carbocycles. The van der Waals surface area contributed by atoms with E-state index in [1.165, 1.54) is 11.1 Å². The van der Waals surface area contributed by atoms with Crippen LogP contribution in [0.25, 0.3) is 0 Å². The van der Waals surface area contributed by atoms with Crippen LogP contribution in [-0.4, -0.2) is 36.0 Å². The third kappa shape index (κ3) is 4.29. The highest BCUT2D eigenvalue weighted by Crippen LogP contribution is 2.27. The molecule has 1 aliphatic heterocycles. The first kappa shape index (κ1) is 16.0. The Hall–Kier alpha value is -1.39. The van der Waals surface area contributed by atoms with Crippen LogP contribution in [0.3, 0.4) is 0 Å². The van der Waals surface area contributed by atoms with E-state index in [0.717, 1.165) is 25.9 Å². The van der Waals surface area contributed by atoms with Crippen molar-refractivity contribution in [1.29, 1.82) is 0 Å². The first-order valence-corrected chi connectivity index (χ1v) is 7.80. The molecule has 0 bridgehead atoms. The van der Waals surface area contributed by atoms with E-state index in [1.807, 2.05) is 0 Å². The zero-order valence-electron chi connectivity index (χ0n) is 13.3. The molecule has 1 heterocycles. The van der Waals surface area contributed by atoms with E-state index < -0.39 is 0 Å². The Morgan fingerprint density at radius 2 is 2.05 bits per heavy atom. The summed E-state index contributed by atoms with van der Waals surface area (Å²) in [5.74, 6) is 0.0656. The fourth-order valence-electron chi connectivity index (χ4n) is 3.31. The molecule has 1 aromatic rings. The Morgan fingerprint density at radius 3 is 2.57 bits per heavy atom. The molecular formula is C17H27N3O. The molecule has 21 heavy (non-hydrogen) atoms. The van der Waals surface area contributed by atoms with Gasteiger partial charge in [0, 0.05) is 38.1 Å². The van der Waals surface area contributed by atoms with E-state index in [2.05, 4.69) is 48.3 Å². The molecule has 1 saturated heterocycles. The van der Waals surface area contributed by atoms with Gasteiger partial charge in [-0.15, -0.1) is 0 Å². The number of hydrogen-bond donors (Lipinski definition) is 2. The Kier molecular flexibility index (Phi) is 5.37. The number of hydrogen-bond acceptors (Lipinski definition) is 3. The summed E-state index contributed by atoms with van der Waals surface area (Å²) in [7, 11) is 0. The van der Waals surface area contributed by atoms with Gasteiger partial charge >= 0.3 is 0 Å². The number of benzene rings is 1. The van der Waals surface area contributed by atoms with E-state index in [1.54, 1.807) is 6.92 Å². The Balaban J connectivity index is 2.06. The van der Waals surface area contributed by atoms with Gasteiger partial charge in [-0.2, -0.15) is 0 Å². The largest absolute Gasteiger partial charge is 0.354 e. The normalized spacial score (nSPS) is 20.0. The maximum atomic E-state index is 11.1. The zero-order chi connectivity index (χ0) is 15.4. The number of aryl methyl sites for hydroxylation is 1. The third-order valence-corrected chi connectivity index (χ3v) is 4.21. The zero-order valence-corrected chi connectivity index (χ0v) is 13.3. The molecule has 0 aliphatic carbocycles. The first-order valence-electron chi connectivity index (χ1n) is 7.80. The van der Waals surface area contributed by atoms with Crippen LogP contribution >= 0.6 is 0 Å². The standard InChI is InChI=1S/C17H27N3O/c1-12-5-4-6-15(11-12)17(13(2)18)20-9-7-16(8-10-20)19-14(3)21/h4-6,11,13,16-17H,7-10,18H2,1-3H3,(H,19,21). The predicted octanol–water partition coefficient (Wildman–Crippen LogP) is 1.98. The molecule has 1 amide bonds. The summed E-state index contributed by atoms with van der Waals surface area (Å²) in [6.45, 7) is 7.73. The number of rotatable bonds is 4. The molecular weight excluding hydrogens is 262 g/mol. The van der Waals surface area contributed by atoms with E-state index in [4.69, 9.17) is 5.73 Å². The van der Waals surface area contributed by atoms with Crippen LogP contribution in [0.5, 0.6) is 0 Å². The Morgan fingerprint density at radius 1 is 1.38 bits per heavy atom. The number of likely N-dealkylation sites (tertiary alicyclic amines) is 1. The predicted molar refractivity (Wildman–Crippen MR) is 86.0 cm³/mol. The number of piperidine rings is 1. The summed E-state index contributed by atoms with van der Waals surface area (Å²) in [5.41, 5.74) is 8.82. The third-order valence-electron chi connectivity index (χ3n) is 4.21. The first-order chi connectivity index (χ1) is 9.97. The lowest BCUT2D eigenvalue weighted by atomic mass is 9.94. The van der Waals surface area contributed by atoms with Crippen LogP contribution in [-0.2, 0) is 4.79 Å². The van der Waals surface area contributed by atoms with E-state index >= 15 is 0 Å². The van der Waals surface area contributed by atoms with Crippen molar-refractivity contribution in [2.45, 2.75) is 51.7 Å². The SMILES string of the molecule is CC(=O)NC1CCN(C(c2cccc(C)c2)C(C)N)CC1. The van der Waals surface area contributed by atoms with Crippen molar-refractivity contribution in [2.24, 2.45) is 5.73 Å². The van der Waals surface area contributed by atoms with Gasteiger partial charge in [0.25, 0.3) is 0 Å². The molecule has 1 fully saturated rings. The molecule has 2 unspecified atom stereocenters. The van der Waals surface area contributed by atoms with Crippen LogP contribution in [0.15, 0.2) is 24.3 Å². The number of nitrogens with one attached hydrogen (secondary N) is 1. The second-order valence-electron chi connectivity index (χ2n) is 6.23. The van der Waals surface area contributed by atoms with Crippen molar-refractivity contribution in [3.05, 3.63) is 35.4 Å². The van der Waals surface area contributed by atoms with Crippen molar-refractivity contribution >= 4 is 5.91 Å². The van der Waals surface area contributed by atoms with Crippen LogP contribution < -0.4 is 11.1 Å². The minimum atomic E-state index is 0.0656. The average Bonchev–Trinajstić information content (AvgIpc) is 2.40. The summed E-state index contributed by atoms with van der Waals surface area (Å²) in [4.78, 5) is 13.6. The minimum absolute atomic E-state index is 0.0656. The van der Waals surface area contributed by atoms with E-state index in [0.29, 0.717) is 6.04 Å². The monoisotopic (exact) mass is 289 g/mol. The second kappa shape index (κ2) is 7.05. The highest BCUT2D eigenvalue weighted by molar-refractivity contribution is 5.73. The quantitative estimate of drug-likeness (QED) is 0.891.